The smallest absolute Gasteiger partial charge is 0.264 e. The van der Waals surface area contributed by atoms with Crippen LogP contribution in [0.3, 0.4) is 0 Å². The lowest BCUT2D eigenvalue weighted by Crippen LogP contribution is -2.31. The minimum absolute atomic E-state index is 0.0382. The number of para-hydroxylation sites is 2. The molecule has 0 aliphatic carbocycles. The van der Waals surface area contributed by atoms with Crippen LogP contribution in [-0.2, 0) is 0 Å². The first kappa shape index (κ1) is 16.1. The lowest BCUT2D eigenvalue weighted by atomic mass is 10.1. The van der Waals surface area contributed by atoms with Crippen LogP contribution in [0.1, 0.15) is 31.1 Å². The van der Waals surface area contributed by atoms with Gasteiger partial charge >= 0.3 is 0 Å². The first-order chi connectivity index (χ1) is 13.7. The molecule has 0 saturated carbocycles. The molecule has 1 N–H and O–H groups in total. The normalized spacial score (nSPS) is 17.4. The molecular weight excluding hydrogens is 354 g/mol. The maximum atomic E-state index is 13.3. The fraction of sp³-hybridized carbons (Fsp3) is 0. The van der Waals surface area contributed by atoms with Gasteiger partial charge < -0.3 is 5.32 Å². The lowest BCUT2D eigenvalue weighted by molar-refractivity contribution is 0.0968. The predicted octanol–water partition coefficient (Wildman–Crippen LogP) is 3.44. The molecule has 0 bridgehead atoms. The summed E-state index contributed by atoms with van der Waals surface area (Å²) in [6.45, 7) is 0. The molecule has 0 saturated heterocycles. The van der Waals surface area contributed by atoms with Crippen molar-refractivity contribution >= 4 is 28.8 Å². The van der Waals surface area contributed by atoms with Crippen molar-refractivity contribution in [2.45, 2.75) is 0 Å². The van der Waals surface area contributed by atoms with Gasteiger partial charge in [-0.05, 0) is 36.4 Å². The van der Waals surface area contributed by atoms with Crippen LogP contribution in [0.5, 0.6) is 0 Å². The Bertz CT molecular complexity index is 1200. The van der Waals surface area contributed by atoms with Crippen LogP contribution in [0.15, 0.2) is 84.5 Å². The zero-order valence-corrected chi connectivity index (χ0v) is 14.5. The summed E-state index contributed by atoms with van der Waals surface area (Å²) in [5.74, 6) is -1.09. The molecule has 0 atom stereocenters. The molecule has 134 valence electrons. The molecule has 28 heavy (non-hydrogen) atoms. The summed E-state index contributed by atoms with van der Waals surface area (Å²) < 4.78 is 0. The number of carbonyl (C=O) groups is 3. The van der Waals surface area contributed by atoms with Gasteiger partial charge in [0.05, 0.1) is 11.3 Å². The zero-order chi connectivity index (χ0) is 19.3. The number of hydrogen-bond acceptors (Lipinski definition) is 5. The summed E-state index contributed by atoms with van der Waals surface area (Å²) >= 11 is 0. The fourth-order valence-electron chi connectivity index (χ4n) is 3.55. The van der Waals surface area contributed by atoms with Crippen LogP contribution in [0, 0.1) is 0 Å². The number of fused-ring (bicyclic) bond motifs is 2. The number of nitrogens with zero attached hydrogens (tertiary/aromatic N) is 2. The van der Waals surface area contributed by atoms with E-state index in [2.05, 4.69) is 10.3 Å². The Balaban J connectivity index is 1.72. The fourth-order valence-corrected chi connectivity index (χ4v) is 3.55. The van der Waals surface area contributed by atoms with Crippen molar-refractivity contribution in [1.29, 1.82) is 0 Å². The summed E-state index contributed by atoms with van der Waals surface area (Å²) in [7, 11) is 0. The number of amides is 1. The number of rotatable bonds is 1. The highest BCUT2D eigenvalue weighted by Crippen LogP contribution is 2.40. The largest absolute Gasteiger partial charge is 0.350 e. The van der Waals surface area contributed by atoms with Crippen LogP contribution in [0.25, 0.3) is 0 Å². The molecule has 1 amide bonds. The number of allylic oxidation sites excluding steroid dienone is 2. The summed E-state index contributed by atoms with van der Waals surface area (Å²) in [5.41, 5.74) is 2.40. The molecule has 0 spiro atoms. The SMILES string of the molecule is O=C1/C(=C2/C(=O)c3ccccc3N2C(=O)c2cccnc2)Nc2ccccc21. The maximum absolute atomic E-state index is 13.3. The van der Waals surface area contributed by atoms with Crippen molar-refractivity contribution in [3.63, 3.8) is 0 Å². The van der Waals surface area contributed by atoms with Crippen molar-refractivity contribution < 1.29 is 14.4 Å². The van der Waals surface area contributed by atoms with Gasteiger partial charge in [-0.25, -0.2) is 0 Å². The Morgan fingerprint density at radius 2 is 1.61 bits per heavy atom. The molecule has 3 heterocycles. The molecule has 2 aliphatic heterocycles. The van der Waals surface area contributed by atoms with E-state index in [0.29, 0.717) is 28.1 Å². The quantitative estimate of drug-likeness (QED) is 0.667. The summed E-state index contributed by atoms with van der Waals surface area (Å²) in [6.07, 6.45) is 3.01. The second-order valence-electron chi connectivity index (χ2n) is 6.45. The second-order valence-corrected chi connectivity index (χ2v) is 6.45. The summed E-state index contributed by atoms with van der Waals surface area (Å²) in [4.78, 5) is 44.7. The number of ketones is 2. The lowest BCUT2D eigenvalue weighted by Gasteiger charge is -2.19. The highest BCUT2D eigenvalue weighted by molar-refractivity contribution is 6.32. The second kappa shape index (κ2) is 5.99. The van der Waals surface area contributed by atoms with Gasteiger partial charge in [0, 0.05) is 29.2 Å². The number of nitrogens with one attached hydrogen (secondary N) is 1. The third-order valence-corrected chi connectivity index (χ3v) is 4.84. The monoisotopic (exact) mass is 367 g/mol. The zero-order valence-electron chi connectivity index (χ0n) is 14.5. The van der Waals surface area contributed by atoms with E-state index in [1.165, 1.54) is 11.1 Å². The molecule has 5 rings (SSSR count). The first-order valence-electron chi connectivity index (χ1n) is 8.70. The van der Waals surface area contributed by atoms with Gasteiger partial charge in [0.2, 0.25) is 11.6 Å². The van der Waals surface area contributed by atoms with Gasteiger partial charge in [-0.3, -0.25) is 24.3 Å². The molecule has 6 heteroatoms. The molecule has 3 aromatic rings. The number of aromatic nitrogens is 1. The van der Waals surface area contributed by atoms with Crippen molar-refractivity contribution in [2.75, 3.05) is 10.2 Å². The van der Waals surface area contributed by atoms with Crippen LogP contribution < -0.4 is 10.2 Å². The van der Waals surface area contributed by atoms with Crippen molar-refractivity contribution in [2.24, 2.45) is 0 Å². The Morgan fingerprint density at radius 3 is 2.36 bits per heavy atom. The maximum Gasteiger partial charge on any atom is 0.264 e. The number of benzene rings is 2. The van der Waals surface area contributed by atoms with Crippen LogP contribution in [0.2, 0.25) is 0 Å². The van der Waals surface area contributed by atoms with Gasteiger partial charge in [0.15, 0.2) is 0 Å². The van der Waals surface area contributed by atoms with Gasteiger partial charge in [-0.2, -0.15) is 0 Å². The van der Waals surface area contributed by atoms with Gasteiger partial charge in [0.1, 0.15) is 11.4 Å². The Kier molecular flexibility index (Phi) is 3.45. The van der Waals surface area contributed by atoms with E-state index in [0.717, 1.165) is 0 Å². The van der Waals surface area contributed by atoms with Crippen LogP contribution in [-0.4, -0.2) is 22.5 Å². The van der Waals surface area contributed by atoms with Gasteiger partial charge in [-0.15, -0.1) is 0 Å². The van der Waals surface area contributed by atoms with E-state index >= 15 is 0 Å². The van der Waals surface area contributed by atoms with Crippen LogP contribution in [0.4, 0.5) is 11.4 Å². The van der Waals surface area contributed by atoms with E-state index in [-0.39, 0.29) is 23.0 Å². The molecule has 6 nitrogen and oxygen atoms in total. The van der Waals surface area contributed by atoms with Gasteiger partial charge in [0.25, 0.3) is 5.91 Å². The molecular formula is C22H13N3O3. The molecule has 0 fully saturated rings. The minimum atomic E-state index is -0.417. The molecule has 2 aromatic carbocycles. The molecule has 0 radical (unpaired) electrons. The number of carbonyl (C=O) groups excluding carboxylic acids is 3. The number of pyridine rings is 1. The number of Topliss-reactive ketones (excluding diaryl/α,β-unsaturated/α-hetero) is 2. The van der Waals surface area contributed by atoms with E-state index in [1.54, 1.807) is 66.9 Å². The third kappa shape index (κ3) is 2.21. The van der Waals surface area contributed by atoms with E-state index < -0.39 is 5.91 Å². The Morgan fingerprint density at radius 1 is 0.857 bits per heavy atom. The predicted molar refractivity (Wildman–Crippen MR) is 103 cm³/mol. The third-order valence-electron chi connectivity index (χ3n) is 4.84. The van der Waals surface area contributed by atoms with E-state index in [4.69, 9.17) is 0 Å². The number of anilines is 2. The number of hydrogen-bond donors (Lipinski definition) is 1. The first-order valence-corrected chi connectivity index (χ1v) is 8.70. The van der Waals surface area contributed by atoms with Crippen molar-refractivity contribution in [1.82, 2.24) is 4.98 Å². The van der Waals surface area contributed by atoms with E-state index in [1.807, 2.05) is 0 Å². The minimum Gasteiger partial charge on any atom is -0.350 e. The van der Waals surface area contributed by atoms with Crippen molar-refractivity contribution in [3.8, 4) is 0 Å². The average Bonchev–Trinajstić information content (AvgIpc) is 3.23. The Labute approximate surface area is 160 Å². The molecule has 1 aromatic heterocycles. The van der Waals surface area contributed by atoms with E-state index in [9.17, 15) is 14.4 Å². The Hall–Kier alpha value is -4.06. The molecule has 0 unspecified atom stereocenters. The van der Waals surface area contributed by atoms with Gasteiger partial charge in [-0.1, -0.05) is 24.3 Å². The summed E-state index contributed by atoms with van der Waals surface area (Å²) in [6, 6.07) is 17.1. The topological polar surface area (TPSA) is 79.4 Å². The molecule has 2 aliphatic rings. The van der Waals surface area contributed by atoms with Crippen LogP contribution >= 0.6 is 0 Å². The van der Waals surface area contributed by atoms with Crippen molar-refractivity contribution in [3.05, 3.63) is 101 Å². The highest BCUT2D eigenvalue weighted by atomic mass is 16.2. The average molecular weight is 367 g/mol. The highest BCUT2D eigenvalue weighted by Gasteiger charge is 2.42. The summed E-state index contributed by atoms with van der Waals surface area (Å²) in [5, 5.41) is 3.03. The standard InChI is InChI=1S/C22H13N3O3/c26-20-14-7-1-3-9-16(14)24-18(20)19-21(27)15-8-2-4-10-17(15)25(19)22(28)13-6-5-11-23-12-13/h1-12,24H/b19-18+.